The predicted molar refractivity (Wildman–Crippen MR) is 117 cm³/mol. The molecule has 1 aromatic carbocycles. The average molecular weight is 436 g/mol. The van der Waals surface area contributed by atoms with Gasteiger partial charge in [0.25, 0.3) is 5.56 Å². The highest BCUT2D eigenvalue weighted by Crippen LogP contribution is 2.31. The number of allylic oxidation sites excluding steroid dienone is 1. The van der Waals surface area contributed by atoms with Gasteiger partial charge in [0.2, 0.25) is 0 Å². The number of nitrogens with zero attached hydrogens (tertiary/aromatic N) is 2. The van der Waals surface area contributed by atoms with E-state index in [1.807, 2.05) is 12.1 Å². The van der Waals surface area contributed by atoms with Gasteiger partial charge in [-0.25, -0.2) is 9.79 Å². The molecule has 1 atom stereocenters. The maximum absolute atomic E-state index is 13.4. The molecule has 1 unspecified atom stereocenters. The first kappa shape index (κ1) is 20.6. The number of fused-ring (bicyclic) bond motifs is 1. The van der Waals surface area contributed by atoms with Crippen LogP contribution < -0.4 is 19.6 Å². The van der Waals surface area contributed by atoms with Crippen molar-refractivity contribution in [2.24, 2.45) is 4.99 Å². The number of thiazole rings is 1. The SMILES string of the molecule is C=CCOC(=O)C1=C(C)N=c2s/c(=C/c3ccco3)c(=O)n2C1c1ccc(OC)cc1. The fourth-order valence-corrected chi connectivity index (χ4v) is 4.43. The van der Waals surface area contributed by atoms with Gasteiger partial charge >= 0.3 is 5.97 Å². The maximum Gasteiger partial charge on any atom is 0.338 e. The van der Waals surface area contributed by atoms with Crippen molar-refractivity contribution in [3.63, 3.8) is 0 Å². The van der Waals surface area contributed by atoms with Gasteiger partial charge in [0, 0.05) is 6.08 Å². The summed E-state index contributed by atoms with van der Waals surface area (Å²) in [5.41, 5.74) is 1.29. The van der Waals surface area contributed by atoms with Crippen molar-refractivity contribution in [1.82, 2.24) is 4.57 Å². The summed E-state index contributed by atoms with van der Waals surface area (Å²) >= 11 is 1.24. The molecule has 1 aliphatic rings. The maximum atomic E-state index is 13.4. The number of esters is 1. The molecule has 4 rings (SSSR count). The van der Waals surface area contributed by atoms with Gasteiger partial charge in [-0.05, 0) is 36.8 Å². The van der Waals surface area contributed by atoms with E-state index in [1.54, 1.807) is 50.6 Å². The third kappa shape index (κ3) is 3.89. The molecule has 0 saturated heterocycles. The molecule has 0 spiro atoms. The molecule has 0 bridgehead atoms. The summed E-state index contributed by atoms with van der Waals surface area (Å²) in [6.07, 6.45) is 4.71. The molecule has 8 heteroatoms. The molecule has 3 aromatic rings. The lowest BCUT2D eigenvalue weighted by Crippen LogP contribution is -2.39. The molecular formula is C23H20N2O5S. The molecule has 31 heavy (non-hydrogen) atoms. The quantitative estimate of drug-likeness (QED) is 0.438. The van der Waals surface area contributed by atoms with Crippen LogP contribution in [0.15, 0.2) is 80.8 Å². The van der Waals surface area contributed by atoms with Crippen LogP contribution >= 0.6 is 11.3 Å². The van der Waals surface area contributed by atoms with Crippen LogP contribution in [0.25, 0.3) is 6.08 Å². The van der Waals surface area contributed by atoms with Crippen LogP contribution in [-0.4, -0.2) is 24.3 Å². The summed E-state index contributed by atoms with van der Waals surface area (Å²) in [5, 5.41) is 0. The van der Waals surface area contributed by atoms with E-state index in [0.29, 0.717) is 32.1 Å². The van der Waals surface area contributed by atoms with Crippen LogP contribution in [-0.2, 0) is 9.53 Å². The third-order valence-electron chi connectivity index (χ3n) is 4.82. The van der Waals surface area contributed by atoms with Gasteiger partial charge < -0.3 is 13.9 Å². The van der Waals surface area contributed by atoms with E-state index >= 15 is 0 Å². The van der Waals surface area contributed by atoms with Gasteiger partial charge in [-0.2, -0.15) is 0 Å². The largest absolute Gasteiger partial charge is 0.497 e. The molecule has 0 N–H and O–H groups in total. The Morgan fingerprint density at radius 1 is 1.32 bits per heavy atom. The number of carbonyl (C=O) groups is 1. The van der Waals surface area contributed by atoms with E-state index in [2.05, 4.69) is 11.6 Å². The van der Waals surface area contributed by atoms with E-state index in [0.717, 1.165) is 5.56 Å². The second-order valence-electron chi connectivity index (χ2n) is 6.76. The summed E-state index contributed by atoms with van der Waals surface area (Å²) in [5.74, 6) is 0.695. The Labute approximate surface area is 181 Å². The van der Waals surface area contributed by atoms with Crippen molar-refractivity contribution in [2.45, 2.75) is 13.0 Å². The summed E-state index contributed by atoms with van der Waals surface area (Å²) in [6, 6.07) is 10.1. The number of methoxy groups -OCH3 is 1. The second-order valence-corrected chi connectivity index (χ2v) is 7.77. The van der Waals surface area contributed by atoms with Crippen molar-refractivity contribution in [3.05, 3.63) is 97.6 Å². The number of hydrogen-bond acceptors (Lipinski definition) is 7. The normalized spacial score (nSPS) is 15.9. The van der Waals surface area contributed by atoms with Crippen molar-refractivity contribution in [3.8, 4) is 5.75 Å². The fraction of sp³-hybridized carbons (Fsp3) is 0.174. The minimum atomic E-state index is -0.682. The van der Waals surface area contributed by atoms with Crippen LogP contribution in [0, 0.1) is 0 Å². The van der Waals surface area contributed by atoms with Gasteiger partial charge in [0.1, 0.15) is 18.1 Å². The predicted octanol–water partition coefficient (Wildman–Crippen LogP) is 2.57. The number of benzene rings is 1. The lowest BCUT2D eigenvalue weighted by Gasteiger charge is -2.24. The Morgan fingerprint density at radius 3 is 2.74 bits per heavy atom. The first-order chi connectivity index (χ1) is 15.0. The molecule has 1 aliphatic heterocycles. The third-order valence-corrected chi connectivity index (χ3v) is 5.80. The molecule has 7 nitrogen and oxygen atoms in total. The highest BCUT2D eigenvalue weighted by molar-refractivity contribution is 7.07. The molecule has 0 radical (unpaired) electrons. The zero-order chi connectivity index (χ0) is 22.0. The summed E-state index contributed by atoms with van der Waals surface area (Å²) in [7, 11) is 1.58. The Bertz CT molecular complexity index is 1330. The van der Waals surface area contributed by atoms with E-state index in [1.165, 1.54) is 22.0 Å². The van der Waals surface area contributed by atoms with Gasteiger partial charge in [-0.15, -0.1) is 0 Å². The van der Waals surface area contributed by atoms with Crippen LogP contribution in [0.5, 0.6) is 5.75 Å². The Morgan fingerprint density at radius 2 is 2.10 bits per heavy atom. The van der Waals surface area contributed by atoms with Crippen LogP contribution in [0.3, 0.4) is 0 Å². The number of hydrogen-bond donors (Lipinski definition) is 0. The molecule has 3 heterocycles. The van der Waals surface area contributed by atoms with Gasteiger partial charge in [0.05, 0.1) is 35.2 Å². The van der Waals surface area contributed by atoms with Crippen LogP contribution in [0.4, 0.5) is 0 Å². The van der Waals surface area contributed by atoms with E-state index in [4.69, 9.17) is 13.9 Å². The lowest BCUT2D eigenvalue weighted by atomic mass is 9.96. The average Bonchev–Trinajstić information content (AvgIpc) is 3.39. The zero-order valence-corrected chi connectivity index (χ0v) is 17.8. The molecule has 158 valence electrons. The molecule has 0 fully saturated rings. The molecule has 2 aromatic heterocycles. The smallest absolute Gasteiger partial charge is 0.338 e. The Hall–Kier alpha value is -3.65. The lowest BCUT2D eigenvalue weighted by molar-refractivity contribution is -0.138. The summed E-state index contributed by atoms with van der Waals surface area (Å²) in [4.78, 5) is 31.3. The molecule has 0 saturated carbocycles. The monoisotopic (exact) mass is 436 g/mol. The van der Waals surface area contributed by atoms with Crippen molar-refractivity contribution in [1.29, 1.82) is 0 Å². The van der Waals surface area contributed by atoms with Gasteiger partial charge in [-0.1, -0.05) is 36.1 Å². The van der Waals surface area contributed by atoms with E-state index < -0.39 is 12.0 Å². The van der Waals surface area contributed by atoms with Crippen molar-refractivity contribution in [2.75, 3.05) is 13.7 Å². The topological polar surface area (TPSA) is 83.0 Å². The summed E-state index contributed by atoms with van der Waals surface area (Å²) < 4.78 is 17.9. The summed E-state index contributed by atoms with van der Waals surface area (Å²) in [6.45, 7) is 5.39. The fourth-order valence-electron chi connectivity index (χ4n) is 3.40. The van der Waals surface area contributed by atoms with Crippen LogP contribution in [0.2, 0.25) is 0 Å². The first-order valence-corrected chi connectivity index (χ1v) is 10.3. The first-order valence-electron chi connectivity index (χ1n) is 9.51. The number of ether oxygens (including phenoxy) is 2. The standard InChI is InChI=1S/C23H20N2O5S/c1-4-11-30-22(27)19-14(2)24-23-25(20(19)15-7-9-16(28-3)10-8-15)21(26)18(31-23)13-17-6-5-12-29-17/h4-10,12-13,20H,1,11H2,2-3H3/b18-13+. The Balaban J connectivity index is 1.93. The molecule has 0 aliphatic carbocycles. The van der Waals surface area contributed by atoms with Crippen molar-refractivity contribution < 1.29 is 18.7 Å². The van der Waals surface area contributed by atoms with Gasteiger partial charge in [0.15, 0.2) is 4.80 Å². The van der Waals surface area contributed by atoms with Crippen LogP contribution in [0.1, 0.15) is 24.3 Å². The number of rotatable bonds is 6. The second kappa shape index (κ2) is 8.61. The number of aromatic nitrogens is 1. The number of furan rings is 1. The minimum absolute atomic E-state index is 0.0634. The highest BCUT2D eigenvalue weighted by atomic mass is 32.1. The molecule has 0 amide bonds. The number of carbonyl (C=O) groups excluding carboxylic acids is 1. The van der Waals surface area contributed by atoms with Crippen molar-refractivity contribution >= 4 is 23.4 Å². The van der Waals surface area contributed by atoms with E-state index in [-0.39, 0.29) is 12.2 Å². The molecular weight excluding hydrogens is 416 g/mol. The zero-order valence-electron chi connectivity index (χ0n) is 17.0. The van der Waals surface area contributed by atoms with E-state index in [9.17, 15) is 9.59 Å². The van der Waals surface area contributed by atoms with Gasteiger partial charge in [-0.3, -0.25) is 9.36 Å². The Kier molecular flexibility index (Phi) is 5.73. The minimum Gasteiger partial charge on any atom is -0.497 e. The highest BCUT2D eigenvalue weighted by Gasteiger charge is 2.33.